The van der Waals surface area contributed by atoms with Crippen molar-refractivity contribution >= 4 is 112 Å². The number of unbranched alkanes of at least 4 members (excludes halogenated alkanes) is 8. The van der Waals surface area contributed by atoms with Crippen LogP contribution >= 0.6 is 47.0 Å². The summed E-state index contributed by atoms with van der Waals surface area (Å²) in [4.78, 5) is 133. The number of nitrogens with zero attached hydrogens (tertiary/aromatic N) is 4. The number of hydrogen-bond acceptors (Lipinski definition) is 19. The van der Waals surface area contributed by atoms with Crippen molar-refractivity contribution in [3.8, 4) is 0 Å². The fourth-order valence-corrected chi connectivity index (χ4v) is 13.4. The van der Waals surface area contributed by atoms with Crippen molar-refractivity contribution in [2.24, 2.45) is 46.6 Å². The van der Waals surface area contributed by atoms with E-state index in [1.54, 1.807) is 0 Å². The predicted molar refractivity (Wildman–Crippen MR) is 373 cm³/mol. The summed E-state index contributed by atoms with van der Waals surface area (Å²) in [5.74, 6) is -0.440. The van der Waals surface area contributed by atoms with E-state index < -0.39 is 51.8 Å². The summed E-state index contributed by atoms with van der Waals surface area (Å²) in [5, 5.41) is 24.6. The van der Waals surface area contributed by atoms with E-state index >= 15 is 0 Å². The summed E-state index contributed by atoms with van der Waals surface area (Å²) < 4.78 is 0. The highest BCUT2D eigenvalue weighted by Gasteiger charge is 2.42. The molecule has 4 rings (SSSR count). The Kier molecular flexibility index (Phi) is 55.4. The molecule has 0 spiro atoms. The molecule has 7 atom stereocenters. The van der Waals surface area contributed by atoms with Crippen molar-refractivity contribution in [3.05, 3.63) is 0 Å². The van der Waals surface area contributed by atoms with Crippen LogP contribution in [0.2, 0.25) is 0 Å². The second-order valence-electron chi connectivity index (χ2n) is 23.8. The number of rotatable bonds is 39. The SMILES string of the molecule is C.C.C.C.C.CC(C)CCCCCN1C(=O)CC(SCC(N)C(=O)O)C1=O.CC(C)CCCCCN1C(=O)CC(SCCN)C1=O.CC(C)CCCCCN1C(=O)CC(SC[C@@H](N)C(=O)O)C1=O.CC(C)CCCCCN1C(=O)CC(SC[C@H](N)C(=O)O)C1=O. The Morgan fingerprint density at radius 2 is 0.578 bits per heavy atom. The van der Waals surface area contributed by atoms with Gasteiger partial charge in [0.1, 0.15) is 18.1 Å². The molecule has 22 nitrogen and oxygen atoms in total. The highest BCUT2D eigenvalue weighted by atomic mass is 32.2. The number of imide groups is 4. The average molecular weight is 1360 g/mol. The maximum atomic E-state index is 12.2. The third-order valence-corrected chi connectivity index (χ3v) is 19.5. The van der Waals surface area contributed by atoms with E-state index in [2.05, 4.69) is 55.4 Å². The Morgan fingerprint density at radius 1 is 0.378 bits per heavy atom. The first-order chi connectivity index (χ1) is 40.0. The lowest BCUT2D eigenvalue weighted by Crippen LogP contribution is -2.35. The number of carboxylic acid groups (broad SMARTS) is 3. The third-order valence-electron chi connectivity index (χ3n) is 14.3. The van der Waals surface area contributed by atoms with Gasteiger partial charge in [0.15, 0.2) is 0 Å². The Bertz CT molecular complexity index is 1950. The number of thioether (sulfide) groups is 4. The Hall–Kier alpha value is -3.79. The molecule has 11 N–H and O–H groups in total. The largest absolute Gasteiger partial charge is 0.480 e. The molecule has 0 aromatic heterocycles. The smallest absolute Gasteiger partial charge is 0.321 e. The topological polar surface area (TPSA) is 366 Å². The minimum absolute atomic E-state index is 0. The maximum Gasteiger partial charge on any atom is 0.321 e. The lowest BCUT2D eigenvalue weighted by molar-refractivity contribution is -0.139. The van der Waals surface area contributed by atoms with Gasteiger partial charge in [0.25, 0.3) is 0 Å². The molecule has 528 valence electrons. The number of carboxylic acids is 3. The Labute approximate surface area is 559 Å². The first kappa shape index (κ1) is 94.9. The van der Waals surface area contributed by atoms with Gasteiger partial charge in [0.05, 0.1) is 21.0 Å². The maximum absolute atomic E-state index is 12.2. The second-order valence-corrected chi connectivity index (χ2v) is 28.8. The van der Waals surface area contributed by atoms with Gasteiger partial charge in [-0.05, 0) is 49.4 Å². The molecule has 4 aliphatic rings. The molecule has 0 aliphatic carbocycles. The van der Waals surface area contributed by atoms with Crippen molar-refractivity contribution in [3.63, 3.8) is 0 Å². The van der Waals surface area contributed by atoms with Crippen LogP contribution in [0, 0.1) is 23.7 Å². The van der Waals surface area contributed by atoms with Crippen LogP contribution in [0.5, 0.6) is 0 Å². The molecular weight excluding hydrogens is 1230 g/mol. The molecule has 0 radical (unpaired) electrons. The van der Waals surface area contributed by atoms with Crippen LogP contribution < -0.4 is 22.9 Å². The van der Waals surface area contributed by atoms with Gasteiger partial charge >= 0.3 is 17.9 Å². The van der Waals surface area contributed by atoms with Gasteiger partial charge in [-0.1, -0.05) is 170 Å². The number of aliphatic carboxylic acids is 3. The molecule has 4 saturated heterocycles. The van der Waals surface area contributed by atoms with Crippen molar-refractivity contribution in [2.45, 2.75) is 260 Å². The molecule has 90 heavy (non-hydrogen) atoms. The van der Waals surface area contributed by atoms with E-state index in [-0.39, 0.29) is 126 Å². The van der Waals surface area contributed by atoms with E-state index in [0.717, 1.165) is 102 Å². The summed E-state index contributed by atoms with van der Waals surface area (Å²) in [7, 11) is 0. The van der Waals surface area contributed by atoms with Gasteiger partial charge in [0, 0.05) is 81.4 Å². The van der Waals surface area contributed by atoms with Crippen molar-refractivity contribution in [2.75, 3.05) is 55.7 Å². The van der Waals surface area contributed by atoms with Gasteiger partial charge in [-0.2, -0.15) is 0 Å². The number of carbonyl (C=O) groups is 11. The van der Waals surface area contributed by atoms with Crippen LogP contribution in [0.3, 0.4) is 0 Å². The second kappa shape index (κ2) is 52.6. The first-order valence-corrected chi connectivity index (χ1v) is 34.7. The molecule has 5 unspecified atom stereocenters. The molecular formula is C64H124N8O14S4. The average Bonchev–Trinajstić information content (AvgIpc) is 2.08. The monoisotopic (exact) mass is 1360 g/mol. The summed E-state index contributed by atoms with van der Waals surface area (Å²) in [6.45, 7) is 20.1. The van der Waals surface area contributed by atoms with Crippen LogP contribution in [0.15, 0.2) is 0 Å². The molecule has 0 aromatic rings. The van der Waals surface area contributed by atoms with E-state index in [0.29, 0.717) is 56.9 Å². The minimum Gasteiger partial charge on any atom is -0.480 e. The van der Waals surface area contributed by atoms with Crippen LogP contribution in [0.4, 0.5) is 0 Å². The van der Waals surface area contributed by atoms with Gasteiger partial charge in [-0.3, -0.25) is 72.3 Å². The summed E-state index contributed by atoms with van der Waals surface area (Å²) in [6.07, 6.45) is 17.6. The van der Waals surface area contributed by atoms with Gasteiger partial charge in [-0.25, -0.2) is 0 Å². The van der Waals surface area contributed by atoms with Crippen LogP contribution in [0.25, 0.3) is 0 Å². The molecule has 0 bridgehead atoms. The number of amides is 8. The number of nitrogens with two attached hydrogens (primary N) is 4. The normalized spacial score (nSPS) is 18.8. The van der Waals surface area contributed by atoms with Crippen molar-refractivity contribution in [1.82, 2.24) is 19.6 Å². The standard InChI is InChI=1S/3C15H26N2O4S.C14H26N2O2S.5CH4/c3*1-10(2)6-4-3-5-7-17-13(18)8-12(14(17)19)22-9-11(16)15(20)21;1-11(2)6-4-3-5-8-16-13(17)10-12(14(16)18)19-9-7-15;;;;;/h3*10-12H,3-9,16H2,1-2H3,(H,20,21);11-12H,3-10,15H2,1-2H3;5*1H4/t2*11-,12?;;;;;;;/m10......./s1. The van der Waals surface area contributed by atoms with E-state index in [1.807, 2.05) is 0 Å². The van der Waals surface area contributed by atoms with E-state index in [9.17, 15) is 52.7 Å². The highest BCUT2D eigenvalue weighted by molar-refractivity contribution is 8.01. The quantitative estimate of drug-likeness (QED) is 0.0222. The zero-order chi connectivity index (χ0) is 64.3. The lowest BCUT2D eigenvalue weighted by Gasteiger charge is -2.15. The molecule has 4 aliphatic heterocycles. The lowest BCUT2D eigenvalue weighted by atomic mass is 10.1. The summed E-state index contributed by atoms with van der Waals surface area (Å²) >= 11 is 5.01. The molecule has 0 aromatic carbocycles. The third kappa shape index (κ3) is 38.4. The Morgan fingerprint density at radius 3 is 0.756 bits per heavy atom. The van der Waals surface area contributed by atoms with E-state index in [1.165, 1.54) is 79.5 Å². The van der Waals surface area contributed by atoms with E-state index in [4.69, 9.17) is 38.3 Å². The highest BCUT2D eigenvalue weighted by Crippen LogP contribution is 2.30. The van der Waals surface area contributed by atoms with Gasteiger partial charge < -0.3 is 38.3 Å². The molecule has 0 saturated carbocycles. The zero-order valence-corrected chi connectivity index (χ0v) is 55.2. The zero-order valence-electron chi connectivity index (χ0n) is 51.9. The number of carbonyl (C=O) groups excluding carboxylic acids is 8. The number of hydrogen-bond donors (Lipinski definition) is 7. The Balaban J connectivity index is -0.000000351. The fraction of sp³-hybridized carbons (Fsp3) is 0.828. The molecule has 26 heteroatoms. The van der Waals surface area contributed by atoms with Crippen molar-refractivity contribution < 1.29 is 68.1 Å². The van der Waals surface area contributed by atoms with Crippen LogP contribution in [-0.2, 0) is 52.7 Å². The first-order valence-electron chi connectivity index (χ1n) is 30.5. The summed E-state index contributed by atoms with van der Waals surface area (Å²) in [5.41, 5.74) is 21.7. The van der Waals surface area contributed by atoms with Crippen LogP contribution in [0.1, 0.15) is 221 Å². The molecule has 4 heterocycles. The molecule has 8 amide bonds. The van der Waals surface area contributed by atoms with Crippen LogP contribution in [-0.4, -0.2) is 195 Å². The van der Waals surface area contributed by atoms with Gasteiger partial charge in [0.2, 0.25) is 47.3 Å². The predicted octanol–water partition coefficient (Wildman–Crippen LogP) is 9.63. The van der Waals surface area contributed by atoms with Crippen molar-refractivity contribution in [1.29, 1.82) is 0 Å². The number of likely N-dealkylation sites (tertiary alicyclic amines) is 4. The molecule has 4 fully saturated rings. The van der Waals surface area contributed by atoms with Gasteiger partial charge in [-0.15, -0.1) is 47.0 Å². The minimum atomic E-state index is -1.09. The summed E-state index contributed by atoms with van der Waals surface area (Å²) in [6, 6.07) is -3.01. The fourth-order valence-electron chi connectivity index (χ4n) is 9.15.